The number of esters is 2. The number of nitrogens with two attached hydrogens (primary N) is 1. The largest absolute Gasteiger partial charge is 0.482 e. The normalized spacial score (nSPS) is 10.3. The lowest BCUT2D eigenvalue weighted by molar-refractivity contribution is -0.142. The fourth-order valence-corrected chi connectivity index (χ4v) is 3.46. The van der Waals surface area contributed by atoms with Crippen molar-refractivity contribution in [2.45, 2.75) is 6.54 Å². The first-order chi connectivity index (χ1) is 18.2. The first-order valence-corrected chi connectivity index (χ1v) is 11.5. The summed E-state index contributed by atoms with van der Waals surface area (Å²) in [6.45, 7) is -0.390. The predicted molar refractivity (Wildman–Crippen MR) is 138 cm³/mol. The highest BCUT2D eigenvalue weighted by Crippen LogP contribution is 2.17. The molecular formula is C28H27N3O7. The molecule has 196 valence electrons. The van der Waals surface area contributed by atoms with E-state index in [0.717, 1.165) is 0 Å². The molecule has 3 aromatic rings. The summed E-state index contributed by atoms with van der Waals surface area (Å²) >= 11 is 0. The maximum absolute atomic E-state index is 13.4. The van der Waals surface area contributed by atoms with Crippen LogP contribution in [0.25, 0.3) is 0 Å². The molecule has 0 bridgehead atoms. The summed E-state index contributed by atoms with van der Waals surface area (Å²) in [6, 6.07) is 18.9. The lowest BCUT2D eigenvalue weighted by atomic mass is 10.1. The second kappa shape index (κ2) is 12.8. The van der Waals surface area contributed by atoms with E-state index in [1.165, 1.54) is 19.1 Å². The van der Waals surface area contributed by atoms with Crippen LogP contribution < -0.4 is 10.5 Å². The fourth-order valence-electron chi connectivity index (χ4n) is 3.46. The summed E-state index contributed by atoms with van der Waals surface area (Å²) in [5, 5.41) is 7.54. The van der Waals surface area contributed by atoms with Crippen molar-refractivity contribution in [2.24, 2.45) is 5.73 Å². The maximum Gasteiger partial charge on any atom is 0.343 e. The molecule has 0 fully saturated rings. The van der Waals surface area contributed by atoms with Crippen molar-refractivity contribution in [1.29, 1.82) is 5.41 Å². The minimum atomic E-state index is -0.532. The van der Waals surface area contributed by atoms with Crippen LogP contribution in [0.15, 0.2) is 72.8 Å². The first-order valence-electron chi connectivity index (χ1n) is 11.5. The number of ketones is 1. The molecule has 0 aromatic heterocycles. The van der Waals surface area contributed by atoms with E-state index in [4.69, 9.17) is 20.6 Å². The third kappa shape index (κ3) is 7.26. The van der Waals surface area contributed by atoms with E-state index in [-0.39, 0.29) is 31.3 Å². The van der Waals surface area contributed by atoms with Gasteiger partial charge in [0.05, 0.1) is 26.3 Å². The molecule has 0 atom stereocenters. The Balaban J connectivity index is 1.81. The molecule has 0 saturated carbocycles. The van der Waals surface area contributed by atoms with Gasteiger partial charge in [-0.05, 0) is 54.1 Å². The lowest BCUT2D eigenvalue weighted by Crippen LogP contribution is -2.35. The zero-order chi connectivity index (χ0) is 27.7. The predicted octanol–water partition coefficient (Wildman–Crippen LogP) is 2.83. The topological polar surface area (TPSA) is 149 Å². The number of carbonyl (C=O) groups is 4. The number of carbonyl (C=O) groups excluding carboxylic acids is 4. The van der Waals surface area contributed by atoms with Gasteiger partial charge in [-0.15, -0.1) is 0 Å². The van der Waals surface area contributed by atoms with E-state index in [1.807, 2.05) is 0 Å². The van der Waals surface area contributed by atoms with Crippen molar-refractivity contribution in [3.63, 3.8) is 0 Å². The van der Waals surface area contributed by atoms with Crippen LogP contribution in [-0.2, 0) is 20.8 Å². The molecule has 10 nitrogen and oxygen atoms in total. The number of nitrogens with one attached hydrogen (secondary N) is 1. The molecule has 0 spiro atoms. The molecule has 0 aliphatic heterocycles. The Hall–Kier alpha value is -4.99. The number of methoxy groups -OCH3 is 2. The Bertz CT molecular complexity index is 1320. The quantitative estimate of drug-likeness (QED) is 0.171. The maximum atomic E-state index is 13.4. The monoisotopic (exact) mass is 517 g/mol. The Kier molecular flexibility index (Phi) is 9.31. The van der Waals surface area contributed by atoms with Crippen molar-refractivity contribution in [1.82, 2.24) is 4.90 Å². The van der Waals surface area contributed by atoms with E-state index < -0.39 is 17.8 Å². The van der Waals surface area contributed by atoms with Gasteiger partial charge in [0.25, 0.3) is 5.91 Å². The highest BCUT2D eigenvalue weighted by Gasteiger charge is 2.21. The zero-order valence-corrected chi connectivity index (χ0v) is 20.9. The number of hydrogen-bond acceptors (Lipinski definition) is 8. The second-order valence-electron chi connectivity index (χ2n) is 8.15. The van der Waals surface area contributed by atoms with Gasteiger partial charge < -0.3 is 24.8 Å². The van der Waals surface area contributed by atoms with E-state index in [9.17, 15) is 19.2 Å². The van der Waals surface area contributed by atoms with E-state index in [1.54, 1.807) is 72.8 Å². The molecule has 38 heavy (non-hydrogen) atoms. The van der Waals surface area contributed by atoms with Crippen LogP contribution in [-0.4, -0.2) is 61.7 Å². The molecule has 3 aromatic carbocycles. The van der Waals surface area contributed by atoms with Gasteiger partial charge >= 0.3 is 11.9 Å². The summed E-state index contributed by atoms with van der Waals surface area (Å²) in [7, 11) is 2.54. The molecule has 1 amide bonds. The standard InChI is InChI=1S/C28H27N3O7/c1-36-25(33)17-38-23-13-11-19(12-14-23)24(32)16-31(15-18-3-5-22(6-4-18)28(35)37-2)27(34)21-9-7-20(8-10-21)26(29)30/h3-14H,15-17H2,1-2H3,(H3,29,30). The molecule has 0 heterocycles. The highest BCUT2D eigenvalue weighted by atomic mass is 16.6. The van der Waals surface area contributed by atoms with E-state index in [0.29, 0.717) is 33.6 Å². The van der Waals surface area contributed by atoms with Gasteiger partial charge in [-0.2, -0.15) is 0 Å². The second-order valence-corrected chi connectivity index (χ2v) is 8.15. The smallest absolute Gasteiger partial charge is 0.343 e. The van der Waals surface area contributed by atoms with Gasteiger partial charge in [0.15, 0.2) is 12.4 Å². The van der Waals surface area contributed by atoms with Crippen LogP contribution >= 0.6 is 0 Å². The van der Waals surface area contributed by atoms with Crippen LogP contribution in [0.2, 0.25) is 0 Å². The van der Waals surface area contributed by atoms with Gasteiger partial charge in [-0.3, -0.25) is 15.0 Å². The van der Waals surface area contributed by atoms with Gasteiger partial charge in [-0.1, -0.05) is 24.3 Å². The van der Waals surface area contributed by atoms with Gasteiger partial charge in [-0.25, -0.2) is 9.59 Å². The van der Waals surface area contributed by atoms with Crippen molar-refractivity contribution < 1.29 is 33.4 Å². The number of ether oxygens (including phenoxy) is 3. The van der Waals surface area contributed by atoms with Crippen molar-refractivity contribution in [3.05, 3.63) is 101 Å². The molecule has 3 N–H and O–H groups in total. The number of amidine groups is 1. The summed E-state index contributed by atoms with van der Waals surface area (Å²) in [5.41, 5.74) is 7.70. The molecule has 0 saturated heterocycles. The molecule has 3 rings (SSSR count). The number of amides is 1. The number of nitrogens with zero attached hydrogens (tertiary/aromatic N) is 1. The molecule has 0 radical (unpaired) electrons. The third-order valence-corrected chi connectivity index (χ3v) is 5.57. The zero-order valence-electron chi connectivity index (χ0n) is 20.9. The number of nitrogen functional groups attached to an aromatic ring is 1. The Morgan fingerprint density at radius 2 is 1.32 bits per heavy atom. The van der Waals surface area contributed by atoms with E-state index >= 15 is 0 Å². The summed E-state index contributed by atoms with van der Waals surface area (Å²) in [5.74, 6) is -1.47. The summed E-state index contributed by atoms with van der Waals surface area (Å²) < 4.78 is 14.6. The van der Waals surface area contributed by atoms with Crippen LogP contribution in [0.1, 0.15) is 42.2 Å². The number of rotatable bonds is 11. The van der Waals surface area contributed by atoms with Crippen LogP contribution in [0.5, 0.6) is 5.75 Å². The first kappa shape index (κ1) is 27.6. The molecule has 10 heteroatoms. The highest BCUT2D eigenvalue weighted by molar-refractivity contribution is 6.03. The summed E-state index contributed by atoms with van der Waals surface area (Å²) in [4.78, 5) is 50.9. The van der Waals surface area contributed by atoms with E-state index in [2.05, 4.69) is 4.74 Å². The molecule has 0 aliphatic rings. The Labute approximate surface area is 219 Å². The molecule has 0 unspecified atom stereocenters. The Morgan fingerprint density at radius 1 is 0.763 bits per heavy atom. The third-order valence-electron chi connectivity index (χ3n) is 5.57. The van der Waals surface area contributed by atoms with Gasteiger partial charge in [0.1, 0.15) is 11.6 Å². The average molecular weight is 518 g/mol. The minimum Gasteiger partial charge on any atom is -0.482 e. The average Bonchev–Trinajstić information content (AvgIpc) is 2.95. The summed E-state index contributed by atoms with van der Waals surface area (Å²) in [6.07, 6.45) is 0. The van der Waals surface area contributed by atoms with Crippen molar-refractivity contribution in [2.75, 3.05) is 27.4 Å². The fraction of sp³-hybridized carbons (Fsp3) is 0.179. The SMILES string of the molecule is COC(=O)COc1ccc(C(=O)CN(Cc2ccc(C(=O)OC)cc2)C(=O)c2ccc(C(=N)N)cc2)cc1. The van der Waals surface area contributed by atoms with Gasteiger partial charge in [0, 0.05) is 23.2 Å². The number of hydrogen-bond donors (Lipinski definition) is 2. The van der Waals surface area contributed by atoms with Crippen LogP contribution in [0.3, 0.4) is 0 Å². The number of Topliss-reactive ketones (excluding diaryl/α,β-unsaturated/α-hetero) is 1. The number of benzene rings is 3. The van der Waals surface area contributed by atoms with Gasteiger partial charge in [0.2, 0.25) is 0 Å². The van der Waals surface area contributed by atoms with Crippen molar-refractivity contribution >= 4 is 29.5 Å². The minimum absolute atomic E-state index is 0.0980. The van der Waals surface area contributed by atoms with Crippen LogP contribution in [0, 0.1) is 5.41 Å². The van der Waals surface area contributed by atoms with Crippen molar-refractivity contribution in [3.8, 4) is 5.75 Å². The molecular weight excluding hydrogens is 490 g/mol. The Morgan fingerprint density at radius 3 is 1.87 bits per heavy atom. The lowest BCUT2D eigenvalue weighted by Gasteiger charge is -2.23. The van der Waals surface area contributed by atoms with Crippen LogP contribution in [0.4, 0.5) is 0 Å². The molecule has 0 aliphatic carbocycles.